The van der Waals surface area contributed by atoms with E-state index in [0.29, 0.717) is 25.8 Å². The summed E-state index contributed by atoms with van der Waals surface area (Å²) < 4.78 is 0. The summed E-state index contributed by atoms with van der Waals surface area (Å²) in [5.41, 5.74) is 1.90. The molecular formula is C17H22BN3O4. The van der Waals surface area contributed by atoms with Crippen molar-refractivity contribution in [2.45, 2.75) is 38.2 Å². The topological polar surface area (TPSA) is 106 Å². The van der Waals surface area contributed by atoms with Gasteiger partial charge in [0.05, 0.1) is 5.94 Å². The summed E-state index contributed by atoms with van der Waals surface area (Å²) in [6.45, 7) is 1.84. The van der Waals surface area contributed by atoms with Crippen molar-refractivity contribution >= 4 is 29.8 Å². The Balaban J connectivity index is 1.84. The van der Waals surface area contributed by atoms with Crippen LogP contribution in [0.4, 0.5) is 0 Å². The summed E-state index contributed by atoms with van der Waals surface area (Å²) in [5, 5.41) is 22.7. The zero-order chi connectivity index (χ0) is 18.0. The number of likely N-dealkylation sites (tertiary alicyclic amines) is 1. The first-order chi connectivity index (χ1) is 12.0. The Morgan fingerprint density at radius 1 is 1.40 bits per heavy atom. The first kappa shape index (κ1) is 17.5. The van der Waals surface area contributed by atoms with E-state index in [1.54, 1.807) is 0 Å². The van der Waals surface area contributed by atoms with Crippen molar-refractivity contribution in [2.24, 2.45) is 0 Å². The fourth-order valence-corrected chi connectivity index (χ4v) is 3.54. The first-order valence-electron chi connectivity index (χ1n) is 8.46. The Kier molecular flexibility index (Phi) is 5.10. The Morgan fingerprint density at radius 2 is 2.16 bits per heavy atom. The maximum absolute atomic E-state index is 12.9. The highest BCUT2D eigenvalue weighted by molar-refractivity contribution is 6.43. The zero-order valence-electron chi connectivity index (χ0n) is 14.1. The number of benzene rings is 1. The minimum atomic E-state index is -1.57. The highest BCUT2D eigenvalue weighted by atomic mass is 16.4. The number of H-pyrrole nitrogens is 1. The van der Waals surface area contributed by atoms with Crippen molar-refractivity contribution < 1.29 is 19.6 Å². The number of carbonyl (C=O) groups excluding carboxylic acids is 2. The number of carbonyl (C=O) groups is 2. The van der Waals surface area contributed by atoms with Crippen LogP contribution in [0.25, 0.3) is 10.9 Å². The molecule has 2 heterocycles. The van der Waals surface area contributed by atoms with Gasteiger partial charge in [0.15, 0.2) is 0 Å². The van der Waals surface area contributed by atoms with Gasteiger partial charge in [0.2, 0.25) is 11.8 Å². The van der Waals surface area contributed by atoms with E-state index in [1.807, 2.05) is 30.5 Å². The van der Waals surface area contributed by atoms with Crippen LogP contribution in [0, 0.1) is 0 Å². The molecule has 132 valence electrons. The molecule has 1 aromatic carbocycles. The molecule has 0 saturated carbocycles. The lowest BCUT2D eigenvalue weighted by Crippen LogP contribution is -2.54. The monoisotopic (exact) mass is 343 g/mol. The lowest BCUT2D eigenvalue weighted by Gasteiger charge is -2.28. The number of nitrogens with one attached hydrogen (secondary N) is 2. The molecule has 2 aromatic rings. The van der Waals surface area contributed by atoms with E-state index in [-0.39, 0.29) is 11.8 Å². The number of aromatic amines is 1. The second-order valence-electron chi connectivity index (χ2n) is 6.47. The average molecular weight is 343 g/mol. The van der Waals surface area contributed by atoms with Crippen molar-refractivity contribution in [3.8, 4) is 0 Å². The van der Waals surface area contributed by atoms with Crippen LogP contribution in [-0.2, 0) is 16.0 Å². The van der Waals surface area contributed by atoms with E-state index in [9.17, 15) is 19.6 Å². The van der Waals surface area contributed by atoms with Crippen molar-refractivity contribution in [3.05, 3.63) is 36.0 Å². The summed E-state index contributed by atoms with van der Waals surface area (Å²) in [5.74, 6) is -1.19. The van der Waals surface area contributed by atoms with E-state index in [4.69, 9.17) is 0 Å². The molecule has 1 saturated heterocycles. The highest BCUT2D eigenvalue weighted by Crippen LogP contribution is 2.23. The summed E-state index contributed by atoms with van der Waals surface area (Å²) in [4.78, 5) is 29.2. The normalized spacial score (nSPS) is 18.4. The molecule has 7 nitrogen and oxygen atoms in total. The maximum Gasteiger partial charge on any atom is 0.475 e. The highest BCUT2D eigenvalue weighted by Gasteiger charge is 2.39. The lowest BCUT2D eigenvalue weighted by molar-refractivity contribution is -0.136. The molecule has 25 heavy (non-hydrogen) atoms. The molecule has 8 heteroatoms. The SMILES string of the molecule is CC(=O)N[C@@H](Cc1c[nH]c2ccccc12)C(=O)N1CCC[C@@H]1B(O)O. The third-order valence-electron chi connectivity index (χ3n) is 4.70. The molecule has 0 aliphatic carbocycles. The van der Waals surface area contributed by atoms with Gasteiger partial charge in [-0.15, -0.1) is 0 Å². The molecule has 0 radical (unpaired) electrons. The molecule has 2 atom stereocenters. The number of rotatable bonds is 5. The predicted molar refractivity (Wildman–Crippen MR) is 94.5 cm³/mol. The van der Waals surface area contributed by atoms with Crippen LogP contribution in [0.2, 0.25) is 0 Å². The van der Waals surface area contributed by atoms with Gasteiger partial charge in [-0.2, -0.15) is 0 Å². The smallest absolute Gasteiger partial charge is 0.426 e. The first-order valence-corrected chi connectivity index (χ1v) is 8.46. The van der Waals surface area contributed by atoms with Gasteiger partial charge in [-0.1, -0.05) is 18.2 Å². The second kappa shape index (κ2) is 7.29. The van der Waals surface area contributed by atoms with Gasteiger partial charge in [0.25, 0.3) is 0 Å². The molecule has 1 aromatic heterocycles. The molecule has 0 unspecified atom stereocenters. The standard InChI is InChI=1S/C17H22BN3O4/c1-11(22)20-15(17(23)21-8-4-7-16(21)18(24)25)9-12-10-19-14-6-3-2-5-13(12)14/h2-3,5-6,10,15-16,19,24-25H,4,7-9H2,1H3,(H,20,22)/t15-,16+/m0/s1. The van der Waals surface area contributed by atoms with E-state index in [2.05, 4.69) is 10.3 Å². The van der Waals surface area contributed by atoms with Gasteiger partial charge in [0.1, 0.15) is 6.04 Å². The van der Waals surface area contributed by atoms with E-state index >= 15 is 0 Å². The Hall–Kier alpha value is -2.32. The summed E-state index contributed by atoms with van der Waals surface area (Å²) >= 11 is 0. The van der Waals surface area contributed by atoms with Crippen molar-refractivity contribution in [1.82, 2.24) is 15.2 Å². The third kappa shape index (κ3) is 3.70. The number of aromatic nitrogens is 1. The Morgan fingerprint density at radius 3 is 2.88 bits per heavy atom. The average Bonchev–Trinajstić information content (AvgIpc) is 3.20. The van der Waals surface area contributed by atoms with Crippen LogP contribution in [0.5, 0.6) is 0 Å². The summed E-state index contributed by atoms with van der Waals surface area (Å²) in [6.07, 6.45) is 3.44. The van der Waals surface area contributed by atoms with Crippen molar-refractivity contribution in [3.63, 3.8) is 0 Å². The largest absolute Gasteiger partial charge is 0.475 e. The minimum absolute atomic E-state index is 0.281. The zero-order valence-corrected chi connectivity index (χ0v) is 14.1. The molecule has 0 spiro atoms. The van der Waals surface area contributed by atoms with Gasteiger partial charge < -0.3 is 25.2 Å². The number of para-hydroxylation sites is 1. The quantitative estimate of drug-likeness (QED) is 0.583. The number of amides is 2. The molecule has 1 aliphatic rings. The fraction of sp³-hybridized carbons (Fsp3) is 0.412. The van der Waals surface area contributed by atoms with E-state index in [1.165, 1.54) is 11.8 Å². The number of hydrogen-bond donors (Lipinski definition) is 4. The predicted octanol–water partition coefficient (Wildman–Crippen LogP) is 0.218. The van der Waals surface area contributed by atoms with Crippen LogP contribution in [0.3, 0.4) is 0 Å². The second-order valence-corrected chi connectivity index (χ2v) is 6.47. The number of nitrogens with zero attached hydrogens (tertiary/aromatic N) is 1. The minimum Gasteiger partial charge on any atom is -0.426 e. The van der Waals surface area contributed by atoms with Gasteiger partial charge >= 0.3 is 7.12 Å². The Labute approximate surface area is 146 Å². The van der Waals surface area contributed by atoms with Crippen LogP contribution in [0.15, 0.2) is 30.5 Å². The fourth-order valence-electron chi connectivity index (χ4n) is 3.54. The van der Waals surface area contributed by atoms with Crippen molar-refractivity contribution in [2.75, 3.05) is 6.54 Å². The summed E-state index contributed by atoms with van der Waals surface area (Å²) in [7, 11) is -1.57. The molecule has 0 bridgehead atoms. The molecular weight excluding hydrogens is 321 g/mol. The molecule has 3 rings (SSSR count). The van der Waals surface area contributed by atoms with Gasteiger partial charge in [-0.25, -0.2) is 0 Å². The van der Waals surface area contributed by atoms with Gasteiger partial charge in [-0.05, 0) is 24.5 Å². The van der Waals surface area contributed by atoms with Crippen LogP contribution in [0.1, 0.15) is 25.3 Å². The number of hydrogen-bond acceptors (Lipinski definition) is 4. The molecule has 1 aliphatic heterocycles. The molecule has 2 amide bonds. The molecule has 1 fully saturated rings. The lowest BCUT2D eigenvalue weighted by atomic mass is 9.77. The maximum atomic E-state index is 12.9. The third-order valence-corrected chi connectivity index (χ3v) is 4.70. The molecule has 4 N–H and O–H groups in total. The van der Waals surface area contributed by atoms with E-state index in [0.717, 1.165) is 16.5 Å². The van der Waals surface area contributed by atoms with Gasteiger partial charge in [0, 0.05) is 37.0 Å². The summed E-state index contributed by atoms with van der Waals surface area (Å²) in [6, 6.07) is 7.03. The number of fused-ring (bicyclic) bond motifs is 1. The van der Waals surface area contributed by atoms with Crippen molar-refractivity contribution in [1.29, 1.82) is 0 Å². The van der Waals surface area contributed by atoms with E-state index < -0.39 is 19.1 Å². The van der Waals surface area contributed by atoms with Gasteiger partial charge in [-0.3, -0.25) is 9.59 Å². The van der Waals surface area contributed by atoms with Crippen LogP contribution < -0.4 is 5.32 Å². The van der Waals surface area contributed by atoms with Crippen LogP contribution in [-0.4, -0.2) is 57.4 Å². The van der Waals surface area contributed by atoms with Crippen LogP contribution >= 0.6 is 0 Å². The Bertz CT molecular complexity index is 776.